The van der Waals surface area contributed by atoms with Crippen LogP contribution in [-0.4, -0.2) is 16.9 Å². The molecule has 1 unspecified atom stereocenters. The fourth-order valence-electron chi connectivity index (χ4n) is 4.90. The van der Waals surface area contributed by atoms with E-state index in [0.29, 0.717) is 12.8 Å². The highest BCUT2D eigenvalue weighted by Gasteiger charge is 2.22. The van der Waals surface area contributed by atoms with E-state index in [1.165, 1.54) is 135 Å². The van der Waals surface area contributed by atoms with Gasteiger partial charge in [-0.25, -0.2) is 0 Å². The molecule has 0 amide bonds. The van der Waals surface area contributed by atoms with E-state index in [1.807, 2.05) is 0 Å². The molecule has 0 aromatic carbocycles. The topological polar surface area (TPSA) is 34.1 Å². The summed E-state index contributed by atoms with van der Waals surface area (Å²) in [6.45, 7) is 4.53. The summed E-state index contributed by atoms with van der Waals surface area (Å²) >= 11 is 6.25. The average Bonchev–Trinajstić information content (AvgIpc) is 2.86. The number of hydrogen-bond acceptors (Lipinski definition) is 2. The zero-order chi connectivity index (χ0) is 25.8. The zero-order valence-electron chi connectivity index (χ0n) is 23.9. The molecule has 0 aromatic heterocycles. The molecule has 0 aliphatic rings. The van der Waals surface area contributed by atoms with Crippen LogP contribution in [0.15, 0.2) is 0 Å². The summed E-state index contributed by atoms with van der Waals surface area (Å²) in [4.78, 5) is 24.4. The van der Waals surface area contributed by atoms with E-state index in [0.717, 1.165) is 25.7 Å². The molecular formula is C32H61ClO2. The number of Topliss-reactive ketones (excluding diaryl/α,β-unsaturated/α-hetero) is 2. The van der Waals surface area contributed by atoms with Gasteiger partial charge in [-0.3, -0.25) is 9.59 Å². The van der Waals surface area contributed by atoms with Gasteiger partial charge in [-0.1, -0.05) is 168 Å². The lowest BCUT2D eigenvalue weighted by molar-refractivity contribution is -0.136. The second-order valence-electron chi connectivity index (χ2n) is 10.9. The van der Waals surface area contributed by atoms with E-state index in [4.69, 9.17) is 11.6 Å². The van der Waals surface area contributed by atoms with Crippen LogP contribution in [0.3, 0.4) is 0 Å². The van der Waals surface area contributed by atoms with E-state index in [-0.39, 0.29) is 11.6 Å². The molecule has 208 valence electrons. The van der Waals surface area contributed by atoms with Gasteiger partial charge in [0.05, 0.1) is 5.38 Å². The van der Waals surface area contributed by atoms with Crippen molar-refractivity contribution in [2.75, 3.05) is 0 Å². The monoisotopic (exact) mass is 512 g/mol. The van der Waals surface area contributed by atoms with Crippen molar-refractivity contribution < 1.29 is 9.59 Å². The van der Waals surface area contributed by atoms with Crippen LogP contribution in [0.1, 0.15) is 187 Å². The van der Waals surface area contributed by atoms with Crippen molar-refractivity contribution in [3.05, 3.63) is 0 Å². The van der Waals surface area contributed by atoms with Crippen LogP contribution in [-0.2, 0) is 9.59 Å². The molecule has 0 aliphatic carbocycles. The summed E-state index contributed by atoms with van der Waals surface area (Å²) in [6.07, 6.45) is 33.3. The van der Waals surface area contributed by atoms with Crippen LogP contribution in [0.2, 0.25) is 0 Å². The SMILES string of the molecule is CCCCCCCCCCCCCCCC(=O)C(=O)C(Cl)CCCCCCCCCCCCCC. The molecule has 0 saturated heterocycles. The summed E-state index contributed by atoms with van der Waals surface area (Å²) in [6, 6.07) is 0. The first-order chi connectivity index (χ1) is 17.1. The zero-order valence-corrected chi connectivity index (χ0v) is 24.6. The van der Waals surface area contributed by atoms with E-state index in [9.17, 15) is 9.59 Å². The fraction of sp³-hybridized carbons (Fsp3) is 0.938. The maximum absolute atomic E-state index is 12.2. The Morgan fingerprint density at radius 2 is 0.743 bits per heavy atom. The third kappa shape index (κ3) is 25.1. The number of carbonyl (C=O) groups is 2. The van der Waals surface area contributed by atoms with Crippen molar-refractivity contribution >= 4 is 23.2 Å². The molecule has 0 aliphatic heterocycles. The van der Waals surface area contributed by atoms with Gasteiger partial charge in [0.25, 0.3) is 0 Å². The summed E-state index contributed by atoms with van der Waals surface area (Å²) in [7, 11) is 0. The summed E-state index contributed by atoms with van der Waals surface area (Å²) in [5.41, 5.74) is 0. The Hall–Kier alpha value is -0.370. The second kappa shape index (κ2) is 28.2. The molecule has 0 aromatic rings. The Morgan fingerprint density at radius 3 is 1.09 bits per heavy atom. The lowest BCUT2D eigenvalue weighted by Gasteiger charge is -2.08. The Kier molecular flexibility index (Phi) is 27.9. The van der Waals surface area contributed by atoms with Gasteiger partial charge in [-0.05, 0) is 12.8 Å². The second-order valence-corrected chi connectivity index (χ2v) is 11.5. The molecule has 35 heavy (non-hydrogen) atoms. The van der Waals surface area contributed by atoms with E-state index in [2.05, 4.69) is 13.8 Å². The van der Waals surface area contributed by atoms with Crippen LogP contribution >= 0.6 is 11.6 Å². The molecular weight excluding hydrogens is 452 g/mol. The standard InChI is InChI=1S/C32H61ClO2/c1-3-5-7-9-11-13-15-17-19-21-23-25-27-29-31(34)32(35)30(33)28-26-24-22-20-18-16-14-12-10-8-6-4-2/h30H,3-29H2,1-2H3. The normalized spacial score (nSPS) is 12.2. The van der Waals surface area contributed by atoms with Gasteiger partial charge in [0.15, 0.2) is 5.78 Å². The molecule has 3 heteroatoms. The number of rotatable bonds is 29. The summed E-state index contributed by atoms with van der Waals surface area (Å²) < 4.78 is 0. The van der Waals surface area contributed by atoms with Crippen molar-refractivity contribution in [1.29, 1.82) is 0 Å². The van der Waals surface area contributed by atoms with Crippen LogP contribution < -0.4 is 0 Å². The van der Waals surface area contributed by atoms with E-state index >= 15 is 0 Å². The van der Waals surface area contributed by atoms with Crippen molar-refractivity contribution in [3.8, 4) is 0 Å². The minimum atomic E-state index is -0.604. The number of alkyl halides is 1. The molecule has 0 N–H and O–H groups in total. The smallest absolute Gasteiger partial charge is 0.216 e. The molecule has 1 atom stereocenters. The third-order valence-corrected chi connectivity index (χ3v) is 7.79. The minimum Gasteiger partial charge on any atom is -0.291 e. The quantitative estimate of drug-likeness (QED) is 0.0566. The Balaban J connectivity index is 3.45. The fourth-order valence-corrected chi connectivity index (χ4v) is 5.17. The van der Waals surface area contributed by atoms with Crippen LogP contribution in [0.25, 0.3) is 0 Å². The van der Waals surface area contributed by atoms with Gasteiger partial charge in [-0.2, -0.15) is 0 Å². The first-order valence-electron chi connectivity index (χ1n) is 15.8. The molecule has 0 heterocycles. The third-order valence-electron chi connectivity index (χ3n) is 7.38. The van der Waals surface area contributed by atoms with Gasteiger partial charge < -0.3 is 0 Å². The van der Waals surface area contributed by atoms with Gasteiger partial charge >= 0.3 is 0 Å². The van der Waals surface area contributed by atoms with Crippen LogP contribution in [0.4, 0.5) is 0 Å². The van der Waals surface area contributed by atoms with Crippen molar-refractivity contribution in [2.24, 2.45) is 0 Å². The summed E-state index contributed by atoms with van der Waals surface area (Å²) in [5.74, 6) is -0.583. The first-order valence-corrected chi connectivity index (χ1v) is 16.3. The lowest BCUT2D eigenvalue weighted by Crippen LogP contribution is -2.24. The molecule has 0 fully saturated rings. The molecule has 0 saturated carbocycles. The predicted molar refractivity (Wildman–Crippen MR) is 156 cm³/mol. The molecule has 0 spiro atoms. The van der Waals surface area contributed by atoms with Crippen LogP contribution in [0.5, 0.6) is 0 Å². The van der Waals surface area contributed by atoms with Crippen molar-refractivity contribution in [3.63, 3.8) is 0 Å². The molecule has 0 radical (unpaired) electrons. The maximum Gasteiger partial charge on any atom is 0.216 e. The van der Waals surface area contributed by atoms with Crippen molar-refractivity contribution in [1.82, 2.24) is 0 Å². The number of halogens is 1. The Bertz CT molecular complexity index is 462. The largest absolute Gasteiger partial charge is 0.291 e. The van der Waals surface area contributed by atoms with Crippen LogP contribution in [0, 0.1) is 0 Å². The van der Waals surface area contributed by atoms with Gasteiger partial charge in [0.1, 0.15) is 0 Å². The highest BCUT2D eigenvalue weighted by Crippen LogP contribution is 2.17. The number of carbonyl (C=O) groups excluding carboxylic acids is 2. The number of hydrogen-bond donors (Lipinski definition) is 0. The number of ketones is 2. The highest BCUT2D eigenvalue weighted by atomic mass is 35.5. The first kappa shape index (κ1) is 34.6. The maximum atomic E-state index is 12.2. The van der Waals surface area contributed by atoms with E-state index in [1.54, 1.807) is 0 Å². The lowest BCUT2D eigenvalue weighted by atomic mass is 10.0. The Labute approximate surface area is 225 Å². The molecule has 0 rings (SSSR count). The highest BCUT2D eigenvalue weighted by molar-refractivity contribution is 6.49. The molecule has 0 bridgehead atoms. The van der Waals surface area contributed by atoms with Gasteiger partial charge in [0.2, 0.25) is 5.78 Å². The Morgan fingerprint density at radius 1 is 0.457 bits per heavy atom. The van der Waals surface area contributed by atoms with Crippen molar-refractivity contribution in [2.45, 2.75) is 193 Å². The molecule has 2 nitrogen and oxygen atoms in total. The summed E-state index contributed by atoms with van der Waals surface area (Å²) in [5, 5.41) is -0.604. The predicted octanol–water partition coefficient (Wildman–Crippen LogP) is 11.3. The van der Waals surface area contributed by atoms with Gasteiger partial charge in [0, 0.05) is 6.42 Å². The minimum absolute atomic E-state index is 0.244. The average molecular weight is 513 g/mol. The van der Waals surface area contributed by atoms with Gasteiger partial charge in [-0.15, -0.1) is 11.6 Å². The number of unbranched alkanes of at least 4 members (excludes halogenated alkanes) is 23. The van der Waals surface area contributed by atoms with E-state index < -0.39 is 5.38 Å².